The van der Waals surface area contributed by atoms with Gasteiger partial charge in [-0.1, -0.05) is 6.07 Å². The number of nitrogens with one attached hydrogen (secondary N) is 2. The topological polar surface area (TPSA) is 59.6 Å². The standard InChI is InChI=1S/C15H20N2O3/c1-10(17-12-7-15(18)16-8-12)2-3-11-4-5-13-14(6-11)20-9-19-13/h4-6,10,12,17H,2-3,7-9H2,1H3,(H,16,18). The van der Waals surface area contributed by atoms with Crippen LogP contribution in [0.1, 0.15) is 25.3 Å². The van der Waals surface area contributed by atoms with E-state index in [0.717, 1.165) is 30.9 Å². The van der Waals surface area contributed by atoms with Gasteiger partial charge in [-0.05, 0) is 37.5 Å². The van der Waals surface area contributed by atoms with Crippen LogP contribution >= 0.6 is 0 Å². The zero-order chi connectivity index (χ0) is 13.9. The molecule has 1 amide bonds. The SMILES string of the molecule is CC(CCc1ccc2c(c1)OCO2)NC1CNC(=O)C1. The van der Waals surface area contributed by atoms with Crippen molar-refractivity contribution in [3.63, 3.8) is 0 Å². The van der Waals surface area contributed by atoms with Gasteiger partial charge in [-0.15, -0.1) is 0 Å². The summed E-state index contributed by atoms with van der Waals surface area (Å²) in [7, 11) is 0. The number of hydrogen-bond donors (Lipinski definition) is 2. The Morgan fingerprint density at radius 3 is 3.05 bits per heavy atom. The molecule has 2 aliphatic heterocycles. The molecule has 108 valence electrons. The first-order valence-corrected chi connectivity index (χ1v) is 7.12. The molecule has 5 heteroatoms. The highest BCUT2D eigenvalue weighted by molar-refractivity contribution is 5.78. The molecule has 2 atom stereocenters. The van der Waals surface area contributed by atoms with E-state index in [1.807, 2.05) is 6.07 Å². The molecule has 0 spiro atoms. The Morgan fingerprint density at radius 1 is 1.40 bits per heavy atom. The summed E-state index contributed by atoms with van der Waals surface area (Å²) in [4.78, 5) is 11.1. The Labute approximate surface area is 118 Å². The molecule has 0 bridgehead atoms. The monoisotopic (exact) mass is 276 g/mol. The van der Waals surface area contributed by atoms with Gasteiger partial charge in [0, 0.05) is 25.0 Å². The molecule has 5 nitrogen and oxygen atoms in total. The molecule has 1 aromatic carbocycles. The fraction of sp³-hybridized carbons (Fsp3) is 0.533. The summed E-state index contributed by atoms with van der Waals surface area (Å²) >= 11 is 0. The van der Waals surface area contributed by atoms with Gasteiger partial charge in [0.05, 0.1) is 0 Å². The normalized spacial score (nSPS) is 21.9. The Hall–Kier alpha value is -1.75. The fourth-order valence-electron chi connectivity index (χ4n) is 2.69. The summed E-state index contributed by atoms with van der Waals surface area (Å²) in [5.74, 6) is 1.81. The smallest absolute Gasteiger partial charge is 0.231 e. The third kappa shape index (κ3) is 3.04. The van der Waals surface area contributed by atoms with Gasteiger partial charge in [-0.2, -0.15) is 0 Å². The van der Waals surface area contributed by atoms with Crippen LogP contribution in [-0.4, -0.2) is 31.3 Å². The van der Waals surface area contributed by atoms with E-state index in [0.29, 0.717) is 19.3 Å². The zero-order valence-electron chi connectivity index (χ0n) is 11.6. The van der Waals surface area contributed by atoms with Crippen molar-refractivity contribution < 1.29 is 14.3 Å². The van der Waals surface area contributed by atoms with E-state index in [9.17, 15) is 4.79 Å². The molecule has 1 fully saturated rings. The summed E-state index contributed by atoms with van der Waals surface area (Å²) in [6.07, 6.45) is 2.61. The summed E-state index contributed by atoms with van der Waals surface area (Å²) < 4.78 is 10.7. The highest BCUT2D eigenvalue weighted by Crippen LogP contribution is 2.32. The summed E-state index contributed by atoms with van der Waals surface area (Å²) in [5.41, 5.74) is 1.25. The quantitative estimate of drug-likeness (QED) is 0.849. The Bertz CT molecular complexity index is 504. The lowest BCUT2D eigenvalue weighted by Gasteiger charge is -2.18. The highest BCUT2D eigenvalue weighted by atomic mass is 16.7. The molecule has 2 N–H and O–H groups in total. The van der Waals surface area contributed by atoms with Gasteiger partial charge in [0.1, 0.15) is 0 Å². The van der Waals surface area contributed by atoms with Gasteiger partial charge >= 0.3 is 0 Å². The fourth-order valence-corrected chi connectivity index (χ4v) is 2.69. The second-order valence-corrected chi connectivity index (χ2v) is 5.50. The number of carbonyl (C=O) groups is 1. The predicted octanol–water partition coefficient (Wildman–Crippen LogP) is 1.21. The molecule has 1 aromatic rings. The van der Waals surface area contributed by atoms with E-state index in [-0.39, 0.29) is 11.9 Å². The molecule has 1 saturated heterocycles. The average Bonchev–Trinajstić information content (AvgIpc) is 3.04. The largest absolute Gasteiger partial charge is 0.454 e. The number of ether oxygens (including phenoxy) is 2. The van der Waals surface area contributed by atoms with E-state index in [1.165, 1.54) is 5.56 Å². The van der Waals surface area contributed by atoms with Gasteiger partial charge in [0.25, 0.3) is 0 Å². The van der Waals surface area contributed by atoms with Crippen LogP contribution in [-0.2, 0) is 11.2 Å². The minimum absolute atomic E-state index is 0.144. The summed E-state index contributed by atoms with van der Waals surface area (Å²) in [6, 6.07) is 6.76. The third-order valence-corrected chi connectivity index (χ3v) is 3.80. The molecule has 0 radical (unpaired) electrons. The van der Waals surface area contributed by atoms with Crippen molar-refractivity contribution in [2.75, 3.05) is 13.3 Å². The van der Waals surface area contributed by atoms with Crippen LogP contribution in [0.25, 0.3) is 0 Å². The molecular weight excluding hydrogens is 256 g/mol. The van der Waals surface area contributed by atoms with Crippen LogP contribution in [0.2, 0.25) is 0 Å². The summed E-state index contributed by atoms with van der Waals surface area (Å²) in [6.45, 7) is 3.22. The first-order valence-electron chi connectivity index (χ1n) is 7.12. The minimum atomic E-state index is 0.144. The van der Waals surface area contributed by atoms with Crippen LogP contribution in [0.3, 0.4) is 0 Å². The number of carbonyl (C=O) groups excluding carboxylic acids is 1. The number of benzene rings is 1. The molecule has 3 rings (SSSR count). The van der Waals surface area contributed by atoms with Crippen molar-refractivity contribution in [1.29, 1.82) is 0 Å². The molecule has 2 unspecified atom stereocenters. The third-order valence-electron chi connectivity index (χ3n) is 3.80. The molecule has 0 aliphatic carbocycles. The first-order chi connectivity index (χ1) is 9.70. The molecule has 20 heavy (non-hydrogen) atoms. The van der Waals surface area contributed by atoms with Gasteiger partial charge in [0.2, 0.25) is 12.7 Å². The average molecular weight is 276 g/mol. The van der Waals surface area contributed by atoms with Crippen LogP contribution in [0.4, 0.5) is 0 Å². The van der Waals surface area contributed by atoms with Crippen LogP contribution in [0.15, 0.2) is 18.2 Å². The lowest BCUT2D eigenvalue weighted by Crippen LogP contribution is -2.38. The van der Waals surface area contributed by atoms with Crippen LogP contribution in [0.5, 0.6) is 11.5 Å². The second kappa shape index (κ2) is 5.71. The number of aryl methyl sites for hydroxylation is 1. The second-order valence-electron chi connectivity index (χ2n) is 5.50. The maximum absolute atomic E-state index is 11.1. The Balaban J connectivity index is 1.48. The van der Waals surface area contributed by atoms with Crippen molar-refractivity contribution in [2.45, 2.75) is 38.3 Å². The van der Waals surface area contributed by atoms with Crippen LogP contribution < -0.4 is 20.1 Å². The lowest BCUT2D eigenvalue weighted by atomic mass is 10.0. The van der Waals surface area contributed by atoms with Crippen molar-refractivity contribution in [3.05, 3.63) is 23.8 Å². The zero-order valence-corrected chi connectivity index (χ0v) is 11.6. The van der Waals surface area contributed by atoms with E-state index in [2.05, 4.69) is 29.7 Å². The van der Waals surface area contributed by atoms with Crippen molar-refractivity contribution in [3.8, 4) is 11.5 Å². The van der Waals surface area contributed by atoms with Crippen LogP contribution in [0, 0.1) is 0 Å². The first kappa shape index (κ1) is 13.2. The highest BCUT2D eigenvalue weighted by Gasteiger charge is 2.22. The molecule has 2 heterocycles. The van der Waals surface area contributed by atoms with Gasteiger partial charge in [-0.25, -0.2) is 0 Å². The molecule has 2 aliphatic rings. The van der Waals surface area contributed by atoms with Gasteiger partial charge < -0.3 is 20.1 Å². The molecular formula is C15H20N2O3. The minimum Gasteiger partial charge on any atom is -0.454 e. The van der Waals surface area contributed by atoms with E-state index in [4.69, 9.17) is 9.47 Å². The number of rotatable bonds is 5. The van der Waals surface area contributed by atoms with E-state index >= 15 is 0 Å². The Kier molecular flexibility index (Phi) is 3.78. The number of hydrogen-bond acceptors (Lipinski definition) is 4. The predicted molar refractivity (Wildman–Crippen MR) is 74.9 cm³/mol. The van der Waals surface area contributed by atoms with Gasteiger partial charge in [-0.3, -0.25) is 4.79 Å². The number of amides is 1. The maximum Gasteiger partial charge on any atom is 0.231 e. The van der Waals surface area contributed by atoms with Gasteiger partial charge in [0.15, 0.2) is 11.5 Å². The Morgan fingerprint density at radius 2 is 2.25 bits per heavy atom. The van der Waals surface area contributed by atoms with Crippen molar-refractivity contribution in [1.82, 2.24) is 10.6 Å². The molecule has 0 aromatic heterocycles. The summed E-state index contributed by atoms with van der Waals surface area (Å²) in [5, 5.41) is 6.34. The lowest BCUT2D eigenvalue weighted by molar-refractivity contribution is -0.119. The molecule has 0 saturated carbocycles. The van der Waals surface area contributed by atoms with E-state index in [1.54, 1.807) is 0 Å². The van der Waals surface area contributed by atoms with E-state index < -0.39 is 0 Å². The maximum atomic E-state index is 11.1. The van der Waals surface area contributed by atoms with Crippen molar-refractivity contribution >= 4 is 5.91 Å². The van der Waals surface area contributed by atoms with Crippen molar-refractivity contribution in [2.24, 2.45) is 0 Å². The number of fused-ring (bicyclic) bond motifs is 1.